The third-order valence-corrected chi connectivity index (χ3v) is 7.63. The summed E-state index contributed by atoms with van der Waals surface area (Å²) in [6, 6.07) is -2.49. The van der Waals surface area contributed by atoms with E-state index in [0.717, 1.165) is 0 Å². The summed E-state index contributed by atoms with van der Waals surface area (Å²) in [4.78, 5) is 85.0. The molecule has 0 spiro atoms. The molecule has 5 amide bonds. The first-order valence-corrected chi connectivity index (χ1v) is 18.2. The minimum Gasteiger partial charge on any atom is -0.468 e. The Morgan fingerprint density at radius 3 is 1.58 bits per heavy atom. The van der Waals surface area contributed by atoms with Gasteiger partial charge in [-0.1, -0.05) is 12.2 Å². The van der Waals surface area contributed by atoms with Crippen molar-refractivity contribution in [2.24, 2.45) is 0 Å². The van der Waals surface area contributed by atoms with Crippen LogP contribution in [0.15, 0.2) is 25.3 Å². The number of unbranched alkanes of at least 4 members (excludes halogenated alkanes) is 2. The molecule has 1 fully saturated rings. The molecule has 2 unspecified atom stereocenters. The summed E-state index contributed by atoms with van der Waals surface area (Å²) in [6.45, 7) is 17.2. The van der Waals surface area contributed by atoms with E-state index in [1.165, 1.54) is 19.1 Å². The molecule has 0 aromatic carbocycles. The molecule has 6 N–H and O–H groups in total. The van der Waals surface area contributed by atoms with Crippen molar-refractivity contribution >= 4 is 41.8 Å². The third kappa shape index (κ3) is 21.7. The van der Waals surface area contributed by atoms with Gasteiger partial charge in [-0.2, -0.15) is 0 Å². The number of methoxy groups -OCH3 is 2. The first-order valence-electron chi connectivity index (χ1n) is 18.2. The van der Waals surface area contributed by atoms with E-state index in [2.05, 4.69) is 43.9 Å². The van der Waals surface area contributed by atoms with Crippen molar-refractivity contribution in [1.82, 2.24) is 26.2 Å². The monoisotopic (exact) mass is 785 g/mol. The molecule has 1 saturated heterocycles. The minimum atomic E-state index is -1.57. The van der Waals surface area contributed by atoms with Crippen LogP contribution in [0.1, 0.15) is 92.9 Å². The summed E-state index contributed by atoms with van der Waals surface area (Å²) < 4.78 is 19.4. The number of nitrogens with zero attached hydrogens (tertiary/aromatic N) is 1. The Labute approximate surface area is 324 Å². The molecule has 0 aromatic rings. The van der Waals surface area contributed by atoms with Gasteiger partial charge in [-0.15, -0.1) is 13.2 Å². The van der Waals surface area contributed by atoms with E-state index in [1.807, 2.05) is 0 Å². The predicted molar refractivity (Wildman–Crippen MR) is 201 cm³/mol. The van der Waals surface area contributed by atoms with E-state index in [4.69, 9.17) is 9.47 Å². The van der Waals surface area contributed by atoms with Crippen LogP contribution in [0.3, 0.4) is 0 Å². The Kier molecular flexibility index (Phi) is 23.2. The summed E-state index contributed by atoms with van der Waals surface area (Å²) in [5.74, 6) is -3.35. The maximum absolute atomic E-state index is 12.9. The zero-order valence-electron chi connectivity index (χ0n) is 33.6. The summed E-state index contributed by atoms with van der Waals surface area (Å²) in [5.41, 5.74) is -1.39. The standard InChI is InChI=1S/C21H35N3O7.C16H28N2O6/c1-6-7-8-10-14(17(26)19(28)22-13-16(25)30-5)23-18(27)15-11-9-12-24(15)20(29)31-21(2,3)4;1-6-7-8-9-11(18-15(22)24-16(2,3)4)13(20)14(21)17-10-12(19)23-5/h6,14-15,17,26H,1,7-13H2,2-5H3,(H,22,28)(H,23,27);6,11,13,20H,1,7-10H2,2-5H3,(H,17,21)(H,18,22)/t14-,15-,17?;11-,13?/m00/s1. The number of amides is 5. The smallest absolute Gasteiger partial charge is 0.410 e. The second-order valence-electron chi connectivity index (χ2n) is 14.6. The second kappa shape index (κ2) is 25.4. The lowest BCUT2D eigenvalue weighted by atomic mass is 10.0. The number of allylic oxidation sites excluding steroid dienone is 2. The van der Waals surface area contributed by atoms with Gasteiger partial charge >= 0.3 is 24.1 Å². The largest absolute Gasteiger partial charge is 0.468 e. The van der Waals surface area contributed by atoms with Crippen molar-refractivity contribution in [1.29, 1.82) is 0 Å². The molecule has 1 aliphatic heterocycles. The lowest BCUT2D eigenvalue weighted by Gasteiger charge is -2.30. The first kappa shape index (κ1) is 50.3. The molecule has 0 bridgehead atoms. The van der Waals surface area contributed by atoms with Gasteiger partial charge in [0.05, 0.1) is 26.3 Å². The molecular formula is C37H63N5O13. The lowest BCUT2D eigenvalue weighted by Crippen LogP contribution is -2.55. The molecule has 1 aliphatic rings. The van der Waals surface area contributed by atoms with Crippen LogP contribution in [0, 0.1) is 0 Å². The maximum Gasteiger partial charge on any atom is 0.410 e. The fourth-order valence-electron chi connectivity index (χ4n) is 4.94. The molecule has 5 atom stereocenters. The normalized spacial score (nSPS) is 16.0. The molecule has 0 radical (unpaired) electrons. The molecule has 0 aliphatic carbocycles. The Bertz CT molecular complexity index is 1290. The SMILES string of the molecule is C=CCCC[C@H](NC(=O)OC(C)(C)C)C(O)C(=O)NCC(=O)OC.C=CCCC[C@H](NC(=O)[C@@H]1CCCN1C(=O)OC(C)(C)C)C(O)C(=O)NCC(=O)OC. The van der Waals surface area contributed by atoms with Gasteiger partial charge in [0.2, 0.25) is 5.91 Å². The van der Waals surface area contributed by atoms with Crippen LogP contribution in [0.5, 0.6) is 0 Å². The van der Waals surface area contributed by atoms with Gasteiger partial charge in [-0.05, 0) is 92.9 Å². The van der Waals surface area contributed by atoms with Crippen molar-refractivity contribution in [2.45, 2.75) is 134 Å². The van der Waals surface area contributed by atoms with Gasteiger partial charge in [0.1, 0.15) is 30.3 Å². The van der Waals surface area contributed by atoms with Crippen LogP contribution >= 0.6 is 0 Å². The zero-order valence-corrected chi connectivity index (χ0v) is 33.6. The summed E-state index contributed by atoms with van der Waals surface area (Å²) in [6.07, 6.45) is 3.24. The molecule has 55 heavy (non-hydrogen) atoms. The van der Waals surface area contributed by atoms with Gasteiger partial charge in [-0.3, -0.25) is 28.9 Å². The number of hydrogen-bond acceptors (Lipinski definition) is 13. The van der Waals surface area contributed by atoms with Crippen LogP contribution in [0.25, 0.3) is 0 Å². The number of hydrogen-bond donors (Lipinski definition) is 6. The van der Waals surface area contributed by atoms with Crippen LogP contribution in [-0.4, -0.2) is 132 Å². The number of aliphatic hydroxyl groups excluding tert-OH is 2. The lowest BCUT2D eigenvalue weighted by molar-refractivity contribution is -0.143. The summed E-state index contributed by atoms with van der Waals surface area (Å²) in [5, 5.41) is 30.3. The quantitative estimate of drug-likeness (QED) is 0.0474. The van der Waals surface area contributed by atoms with Crippen molar-refractivity contribution < 1.29 is 62.7 Å². The number of esters is 2. The molecule has 18 nitrogen and oxygen atoms in total. The van der Waals surface area contributed by atoms with Crippen molar-refractivity contribution in [3.8, 4) is 0 Å². The number of rotatable bonds is 19. The minimum absolute atomic E-state index is 0.309. The topological polar surface area (TPSA) is 248 Å². The van der Waals surface area contributed by atoms with Crippen LogP contribution in [0.4, 0.5) is 9.59 Å². The highest BCUT2D eigenvalue weighted by Crippen LogP contribution is 2.22. The van der Waals surface area contributed by atoms with Crippen molar-refractivity contribution in [2.75, 3.05) is 33.9 Å². The number of likely N-dealkylation sites (tertiary alicyclic amines) is 1. The molecular weight excluding hydrogens is 722 g/mol. The molecule has 1 heterocycles. The zero-order chi connectivity index (χ0) is 42.4. The molecule has 0 aromatic heterocycles. The maximum atomic E-state index is 12.9. The Morgan fingerprint density at radius 2 is 1.18 bits per heavy atom. The van der Waals surface area contributed by atoms with Gasteiger partial charge in [0, 0.05) is 6.54 Å². The fraction of sp³-hybridized carbons (Fsp3) is 0.703. The van der Waals surface area contributed by atoms with E-state index in [1.54, 1.807) is 53.7 Å². The van der Waals surface area contributed by atoms with E-state index < -0.39 is 89.9 Å². The van der Waals surface area contributed by atoms with Gasteiger partial charge in [-0.25, -0.2) is 9.59 Å². The fourth-order valence-corrected chi connectivity index (χ4v) is 4.94. The molecule has 1 rings (SSSR count). The predicted octanol–water partition coefficient (Wildman–Crippen LogP) is 1.76. The Hall–Kier alpha value is -4.71. The molecule has 0 saturated carbocycles. The van der Waals surface area contributed by atoms with Gasteiger partial charge < -0.3 is 50.4 Å². The molecule has 18 heteroatoms. The summed E-state index contributed by atoms with van der Waals surface area (Å²) >= 11 is 0. The average molecular weight is 786 g/mol. The van der Waals surface area contributed by atoms with Gasteiger partial charge in [0.25, 0.3) is 11.8 Å². The highest BCUT2D eigenvalue weighted by molar-refractivity contribution is 5.89. The summed E-state index contributed by atoms with van der Waals surface area (Å²) in [7, 11) is 2.37. The van der Waals surface area contributed by atoms with Crippen LogP contribution in [0.2, 0.25) is 0 Å². The van der Waals surface area contributed by atoms with E-state index in [-0.39, 0.29) is 6.54 Å². The molecule has 314 valence electrons. The number of nitrogens with one attached hydrogen (secondary N) is 4. The highest BCUT2D eigenvalue weighted by Gasteiger charge is 2.38. The number of carbonyl (C=O) groups excluding carboxylic acids is 7. The van der Waals surface area contributed by atoms with Crippen LogP contribution in [-0.2, 0) is 42.9 Å². The van der Waals surface area contributed by atoms with Crippen LogP contribution < -0.4 is 21.3 Å². The second-order valence-corrected chi connectivity index (χ2v) is 14.6. The van der Waals surface area contributed by atoms with Crippen molar-refractivity contribution in [3.63, 3.8) is 0 Å². The number of aliphatic hydroxyl groups is 2. The number of alkyl carbamates (subject to hydrolysis) is 1. The first-order chi connectivity index (χ1) is 25.6. The average Bonchev–Trinajstić information content (AvgIpc) is 3.61. The highest BCUT2D eigenvalue weighted by atomic mass is 16.6. The van der Waals surface area contributed by atoms with E-state index >= 15 is 0 Å². The van der Waals surface area contributed by atoms with E-state index in [0.29, 0.717) is 57.9 Å². The Morgan fingerprint density at radius 1 is 0.745 bits per heavy atom. The Balaban J connectivity index is 0.00000110. The number of ether oxygens (including phenoxy) is 4. The van der Waals surface area contributed by atoms with Gasteiger partial charge in [0.15, 0.2) is 12.2 Å². The third-order valence-electron chi connectivity index (χ3n) is 7.63. The van der Waals surface area contributed by atoms with Crippen molar-refractivity contribution in [3.05, 3.63) is 25.3 Å². The van der Waals surface area contributed by atoms with E-state index in [9.17, 15) is 43.8 Å². The number of carbonyl (C=O) groups is 7.